The second-order valence-corrected chi connectivity index (χ2v) is 6.76. The van der Waals surface area contributed by atoms with Crippen molar-refractivity contribution in [2.75, 3.05) is 11.5 Å². The smallest absolute Gasteiger partial charge is 0.233 e. The molecule has 0 radical (unpaired) electrons. The summed E-state index contributed by atoms with van der Waals surface area (Å²) in [7, 11) is -1.42. The van der Waals surface area contributed by atoms with Crippen LogP contribution in [0.4, 0.5) is 5.69 Å². The number of anilines is 1. The first kappa shape index (κ1) is 16.2. The van der Waals surface area contributed by atoms with Crippen molar-refractivity contribution in [3.05, 3.63) is 22.7 Å². The number of carbonyl (C=O) groups is 1. The van der Waals surface area contributed by atoms with Crippen molar-refractivity contribution in [3.8, 4) is 0 Å². The van der Waals surface area contributed by atoms with Gasteiger partial charge in [-0.05, 0) is 31.5 Å². The van der Waals surface area contributed by atoms with Crippen LogP contribution in [-0.4, -0.2) is 21.9 Å². The van der Waals surface area contributed by atoms with Crippen molar-refractivity contribution in [3.63, 3.8) is 0 Å². The van der Waals surface area contributed by atoms with E-state index in [0.29, 0.717) is 10.6 Å². The van der Waals surface area contributed by atoms with E-state index in [1.54, 1.807) is 18.2 Å². The number of hydrogen-bond acceptors (Lipinski definition) is 3. The van der Waals surface area contributed by atoms with E-state index >= 15 is 0 Å². The van der Waals surface area contributed by atoms with Crippen molar-refractivity contribution < 1.29 is 9.00 Å². The molecule has 0 aromatic heterocycles. The molecule has 0 fully saturated rings. The van der Waals surface area contributed by atoms with Gasteiger partial charge in [0.1, 0.15) is 5.75 Å². The maximum Gasteiger partial charge on any atom is 0.233 e. The van der Waals surface area contributed by atoms with Gasteiger partial charge in [-0.3, -0.25) is 9.00 Å². The van der Waals surface area contributed by atoms with Gasteiger partial charge in [-0.25, -0.2) is 0 Å². The zero-order chi connectivity index (χ0) is 14.4. The number of nitrogens with two attached hydrogens (primary N) is 1. The second-order valence-electron chi connectivity index (χ2n) is 4.43. The van der Waals surface area contributed by atoms with Gasteiger partial charge in [-0.2, -0.15) is 0 Å². The summed E-state index contributed by atoms with van der Waals surface area (Å²) >= 11 is 3.30. The summed E-state index contributed by atoms with van der Waals surface area (Å²) < 4.78 is 12.9. The number of amides is 1. The van der Waals surface area contributed by atoms with Gasteiger partial charge in [-0.15, -0.1) is 0 Å². The van der Waals surface area contributed by atoms with E-state index < -0.39 is 10.8 Å². The van der Waals surface area contributed by atoms with Crippen molar-refractivity contribution in [2.24, 2.45) is 0 Å². The number of halogens is 1. The Balaban J connectivity index is 2.64. The third-order valence-electron chi connectivity index (χ3n) is 2.61. The van der Waals surface area contributed by atoms with Gasteiger partial charge in [0.15, 0.2) is 0 Å². The van der Waals surface area contributed by atoms with E-state index in [1.807, 2.05) is 6.92 Å². The van der Waals surface area contributed by atoms with Crippen LogP contribution >= 0.6 is 15.9 Å². The lowest BCUT2D eigenvalue weighted by Gasteiger charge is -2.13. The van der Waals surface area contributed by atoms with Crippen LogP contribution in [0.1, 0.15) is 26.7 Å². The summed E-state index contributed by atoms with van der Waals surface area (Å²) in [4.78, 5) is 12.2. The number of nitrogen functional groups attached to an aromatic ring is 1. The van der Waals surface area contributed by atoms with Gasteiger partial charge in [0, 0.05) is 16.2 Å². The summed E-state index contributed by atoms with van der Waals surface area (Å²) in [6, 6.07) is 5.25. The van der Waals surface area contributed by atoms with Crippen LogP contribution in [0, 0.1) is 0 Å². The lowest BCUT2D eigenvalue weighted by molar-refractivity contribution is -0.119. The Morgan fingerprint density at radius 3 is 2.84 bits per heavy atom. The van der Waals surface area contributed by atoms with Crippen molar-refractivity contribution in [1.29, 1.82) is 0 Å². The topological polar surface area (TPSA) is 72.2 Å². The Morgan fingerprint density at radius 2 is 2.21 bits per heavy atom. The first-order chi connectivity index (χ1) is 8.93. The lowest BCUT2D eigenvalue weighted by Crippen LogP contribution is -2.35. The predicted molar refractivity (Wildman–Crippen MR) is 82.3 cm³/mol. The summed E-state index contributed by atoms with van der Waals surface area (Å²) in [5, 5.41) is 2.83. The number of hydrogen-bond donors (Lipinski definition) is 2. The van der Waals surface area contributed by atoms with Crippen molar-refractivity contribution in [2.45, 2.75) is 37.6 Å². The average molecular weight is 347 g/mol. The van der Waals surface area contributed by atoms with Gasteiger partial charge in [0.25, 0.3) is 0 Å². The molecule has 0 aliphatic carbocycles. The Hall–Kier alpha value is -0.880. The minimum absolute atomic E-state index is 0.0608. The zero-order valence-corrected chi connectivity index (χ0v) is 13.5. The summed E-state index contributed by atoms with van der Waals surface area (Å²) in [6.07, 6.45) is 1.92. The molecule has 3 N–H and O–H groups in total. The quantitative estimate of drug-likeness (QED) is 0.777. The van der Waals surface area contributed by atoms with Crippen LogP contribution < -0.4 is 11.1 Å². The minimum atomic E-state index is -1.42. The molecule has 6 heteroatoms. The van der Waals surface area contributed by atoms with Crippen molar-refractivity contribution >= 4 is 38.3 Å². The largest absolute Gasteiger partial charge is 0.398 e. The van der Waals surface area contributed by atoms with Gasteiger partial charge in [-0.1, -0.05) is 29.3 Å². The van der Waals surface area contributed by atoms with Crippen LogP contribution in [0.3, 0.4) is 0 Å². The van der Waals surface area contributed by atoms with Crippen LogP contribution in [0.5, 0.6) is 0 Å². The number of carbonyl (C=O) groups excluding carboxylic acids is 1. The van der Waals surface area contributed by atoms with Crippen LogP contribution in [0.25, 0.3) is 0 Å². The molecule has 1 rings (SSSR count). The summed E-state index contributed by atoms with van der Waals surface area (Å²) in [5.41, 5.74) is 6.21. The molecule has 0 aliphatic heterocycles. The summed E-state index contributed by atoms with van der Waals surface area (Å²) in [6.45, 7) is 4.00. The monoisotopic (exact) mass is 346 g/mol. The van der Waals surface area contributed by atoms with Crippen molar-refractivity contribution in [1.82, 2.24) is 5.32 Å². The summed E-state index contributed by atoms with van der Waals surface area (Å²) in [5.74, 6) is -0.270. The maximum atomic E-state index is 12.1. The molecular formula is C13H19BrN2O2S. The molecule has 4 nitrogen and oxygen atoms in total. The lowest BCUT2D eigenvalue weighted by atomic mass is 10.2. The number of nitrogens with one attached hydrogen (secondary N) is 1. The highest BCUT2D eigenvalue weighted by Gasteiger charge is 2.14. The van der Waals surface area contributed by atoms with Crippen LogP contribution in [-0.2, 0) is 15.6 Å². The molecule has 1 aromatic carbocycles. The van der Waals surface area contributed by atoms with E-state index in [-0.39, 0.29) is 17.7 Å². The van der Waals surface area contributed by atoms with Gasteiger partial charge in [0.05, 0.1) is 15.7 Å². The fourth-order valence-corrected chi connectivity index (χ4v) is 3.30. The highest BCUT2D eigenvalue weighted by atomic mass is 79.9. The van der Waals surface area contributed by atoms with Crippen LogP contribution in [0.2, 0.25) is 0 Å². The molecule has 2 atom stereocenters. The molecule has 2 unspecified atom stereocenters. The van der Waals surface area contributed by atoms with Gasteiger partial charge >= 0.3 is 0 Å². The molecule has 0 bridgehead atoms. The zero-order valence-electron chi connectivity index (χ0n) is 11.1. The Bertz CT molecular complexity index is 480. The minimum Gasteiger partial charge on any atom is -0.398 e. The van der Waals surface area contributed by atoms with E-state index in [0.717, 1.165) is 17.3 Å². The normalized spacial score (nSPS) is 13.8. The molecule has 0 heterocycles. The third-order valence-corrected chi connectivity index (χ3v) is 4.47. The molecule has 0 saturated heterocycles. The highest BCUT2D eigenvalue weighted by Crippen LogP contribution is 2.21. The standard InChI is InChI=1S/C13H19BrN2O2S/c1-3-4-9(2)16-13(17)8-19(18)12-7-10(14)5-6-11(12)15/h5-7,9H,3-4,8,15H2,1-2H3,(H,16,17). The molecule has 1 amide bonds. The number of benzene rings is 1. The highest BCUT2D eigenvalue weighted by molar-refractivity contribution is 9.10. The van der Waals surface area contributed by atoms with E-state index in [2.05, 4.69) is 28.2 Å². The molecule has 0 spiro atoms. The van der Waals surface area contributed by atoms with E-state index in [4.69, 9.17) is 5.73 Å². The fourth-order valence-electron chi connectivity index (χ4n) is 1.72. The molecule has 0 saturated carbocycles. The molecule has 106 valence electrons. The Labute approximate surface area is 124 Å². The van der Waals surface area contributed by atoms with Gasteiger partial charge in [0.2, 0.25) is 5.91 Å². The average Bonchev–Trinajstić information content (AvgIpc) is 2.32. The van der Waals surface area contributed by atoms with E-state index in [9.17, 15) is 9.00 Å². The van der Waals surface area contributed by atoms with E-state index in [1.165, 1.54) is 0 Å². The fraction of sp³-hybridized carbons (Fsp3) is 0.462. The van der Waals surface area contributed by atoms with Crippen LogP contribution in [0.15, 0.2) is 27.6 Å². The number of rotatable bonds is 6. The first-order valence-electron chi connectivity index (χ1n) is 6.16. The Morgan fingerprint density at radius 1 is 1.53 bits per heavy atom. The SMILES string of the molecule is CCCC(C)NC(=O)CS(=O)c1cc(Br)ccc1N. The molecule has 1 aromatic rings. The second kappa shape index (κ2) is 7.65. The Kier molecular flexibility index (Phi) is 6.51. The predicted octanol–water partition coefficient (Wildman–Crippen LogP) is 2.44. The molecular weight excluding hydrogens is 328 g/mol. The third kappa shape index (κ3) is 5.32. The van der Waals surface area contributed by atoms with Gasteiger partial charge < -0.3 is 11.1 Å². The molecule has 19 heavy (non-hydrogen) atoms. The first-order valence-corrected chi connectivity index (χ1v) is 8.28. The maximum absolute atomic E-state index is 12.1. The molecule has 0 aliphatic rings.